The van der Waals surface area contributed by atoms with Gasteiger partial charge in [-0.05, 0) is 42.0 Å². The van der Waals surface area contributed by atoms with Gasteiger partial charge in [-0.25, -0.2) is 0 Å². The van der Waals surface area contributed by atoms with Crippen LogP contribution in [0.4, 0.5) is 30.2 Å². The summed E-state index contributed by atoms with van der Waals surface area (Å²) in [6.45, 7) is 1.01. The van der Waals surface area contributed by atoms with Crippen LogP contribution in [0.1, 0.15) is 24.8 Å². The van der Waals surface area contributed by atoms with Crippen LogP contribution in [0.3, 0.4) is 0 Å². The first kappa shape index (κ1) is 23.9. The van der Waals surface area contributed by atoms with Gasteiger partial charge in [-0.2, -0.15) is 13.2 Å². The highest BCUT2D eigenvalue weighted by Gasteiger charge is 2.54. The van der Waals surface area contributed by atoms with E-state index >= 15 is 0 Å². The fourth-order valence-corrected chi connectivity index (χ4v) is 4.37. The molecule has 7 nitrogen and oxygen atoms in total. The third-order valence-electron chi connectivity index (χ3n) is 6.58. The van der Waals surface area contributed by atoms with Gasteiger partial charge in [0, 0.05) is 62.5 Å². The molecule has 0 radical (unpaired) electrons. The van der Waals surface area contributed by atoms with Crippen LogP contribution in [-0.4, -0.2) is 53.2 Å². The van der Waals surface area contributed by atoms with Crippen LogP contribution in [0, 0.1) is 5.92 Å². The molecule has 1 unspecified atom stereocenters. The summed E-state index contributed by atoms with van der Waals surface area (Å²) in [5.74, 6) is -0.968. The lowest BCUT2D eigenvalue weighted by atomic mass is 9.90. The smallest absolute Gasteiger partial charge is 0.380 e. The van der Waals surface area contributed by atoms with Crippen molar-refractivity contribution in [2.75, 3.05) is 29.9 Å². The van der Waals surface area contributed by atoms with Crippen molar-refractivity contribution in [1.82, 2.24) is 4.90 Å². The standard InChI is InChI=1S/C24H27F3N4O3/c25-24(26,27)23(34)9-11-30(12-10-23)20-7-5-19(6-8-20)29-18-3-1-16(2-4-18)14-31-15-17(22(28)33)13-21(31)32/h1-8,17,29,34H,9-15H2,(H2,28,33). The molecule has 0 aromatic heterocycles. The van der Waals surface area contributed by atoms with Gasteiger partial charge < -0.3 is 26.0 Å². The summed E-state index contributed by atoms with van der Waals surface area (Å²) >= 11 is 0. The minimum Gasteiger partial charge on any atom is -0.380 e. The summed E-state index contributed by atoms with van der Waals surface area (Å²) < 4.78 is 39.0. The molecule has 182 valence electrons. The molecule has 2 saturated heterocycles. The molecule has 4 rings (SSSR count). The van der Waals surface area contributed by atoms with Crippen molar-refractivity contribution in [2.45, 2.75) is 37.6 Å². The normalized spacial score (nSPS) is 20.5. The van der Waals surface area contributed by atoms with Gasteiger partial charge in [-0.1, -0.05) is 12.1 Å². The second-order valence-corrected chi connectivity index (χ2v) is 8.96. The van der Waals surface area contributed by atoms with Crippen LogP contribution in [0.5, 0.6) is 0 Å². The van der Waals surface area contributed by atoms with Crippen molar-refractivity contribution in [3.8, 4) is 0 Å². The lowest BCUT2D eigenvalue weighted by molar-refractivity contribution is -0.266. The quantitative estimate of drug-likeness (QED) is 0.595. The van der Waals surface area contributed by atoms with Gasteiger partial charge in [0.2, 0.25) is 11.8 Å². The number of carbonyl (C=O) groups is 2. The zero-order valence-electron chi connectivity index (χ0n) is 18.5. The Balaban J connectivity index is 1.31. The van der Waals surface area contributed by atoms with Crippen molar-refractivity contribution >= 4 is 28.9 Å². The van der Waals surface area contributed by atoms with Gasteiger partial charge in [0.25, 0.3) is 0 Å². The number of hydrogen-bond acceptors (Lipinski definition) is 5. The fourth-order valence-electron chi connectivity index (χ4n) is 4.37. The Morgan fingerprint density at radius 3 is 2.12 bits per heavy atom. The SMILES string of the molecule is NC(=O)C1CC(=O)N(Cc2ccc(Nc3ccc(N4CCC(O)(C(F)(F)F)CC4)cc3)cc2)C1. The van der Waals surface area contributed by atoms with E-state index in [2.05, 4.69) is 5.32 Å². The molecule has 0 bridgehead atoms. The summed E-state index contributed by atoms with van der Waals surface area (Å²) in [7, 11) is 0. The largest absolute Gasteiger partial charge is 0.417 e. The topological polar surface area (TPSA) is 98.9 Å². The van der Waals surface area contributed by atoms with Crippen molar-refractivity contribution < 1.29 is 27.9 Å². The summed E-state index contributed by atoms with van der Waals surface area (Å²) in [4.78, 5) is 26.8. The molecule has 2 amide bonds. The monoisotopic (exact) mass is 476 g/mol. The summed E-state index contributed by atoms with van der Waals surface area (Å²) in [6, 6.07) is 14.9. The van der Waals surface area contributed by atoms with Gasteiger partial charge in [-0.3, -0.25) is 9.59 Å². The minimum absolute atomic E-state index is 0.0807. The number of primary amides is 1. The number of aliphatic hydroxyl groups is 1. The van der Waals surface area contributed by atoms with Crippen LogP contribution in [-0.2, 0) is 16.1 Å². The van der Waals surface area contributed by atoms with E-state index in [9.17, 15) is 27.9 Å². The maximum Gasteiger partial charge on any atom is 0.417 e. The number of halogens is 3. The minimum atomic E-state index is -4.61. The molecule has 2 fully saturated rings. The Bertz CT molecular complexity index is 1030. The van der Waals surface area contributed by atoms with Crippen LogP contribution in [0.2, 0.25) is 0 Å². The summed E-state index contributed by atoms with van der Waals surface area (Å²) in [6.07, 6.45) is -5.16. The number of likely N-dealkylation sites (tertiary alicyclic amines) is 1. The molecule has 2 aromatic carbocycles. The second-order valence-electron chi connectivity index (χ2n) is 8.96. The van der Waals surface area contributed by atoms with Gasteiger partial charge >= 0.3 is 6.18 Å². The zero-order chi connectivity index (χ0) is 24.5. The fraction of sp³-hybridized carbons (Fsp3) is 0.417. The highest BCUT2D eigenvalue weighted by Crippen LogP contribution is 2.39. The highest BCUT2D eigenvalue weighted by atomic mass is 19.4. The van der Waals surface area contributed by atoms with E-state index in [0.717, 1.165) is 22.6 Å². The molecule has 2 aliphatic rings. The van der Waals surface area contributed by atoms with Crippen LogP contribution in [0.15, 0.2) is 48.5 Å². The average molecular weight is 476 g/mol. The molecular formula is C24H27F3N4O3. The maximum atomic E-state index is 13.0. The molecule has 2 aliphatic heterocycles. The first-order chi connectivity index (χ1) is 16.0. The molecule has 0 spiro atoms. The molecule has 1 atom stereocenters. The van der Waals surface area contributed by atoms with E-state index < -0.39 is 23.6 Å². The Kier molecular flexibility index (Phi) is 6.44. The number of carbonyl (C=O) groups excluding carboxylic acids is 2. The predicted octanol–water partition coefficient (Wildman–Crippen LogP) is 3.16. The van der Waals surface area contributed by atoms with Crippen LogP contribution < -0.4 is 16.0 Å². The molecule has 0 saturated carbocycles. The van der Waals surface area contributed by atoms with E-state index in [-0.39, 0.29) is 38.3 Å². The number of amides is 2. The van der Waals surface area contributed by atoms with Crippen molar-refractivity contribution in [2.24, 2.45) is 11.7 Å². The number of anilines is 3. The Morgan fingerprint density at radius 1 is 1.06 bits per heavy atom. The number of hydrogen-bond donors (Lipinski definition) is 3. The molecular weight excluding hydrogens is 449 g/mol. The van der Waals surface area contributed by atoms with Crippen molar-refractivity contribution in [1.29, 1.82) is 0 Å². The molecule has 34 heavy (non-hydrogen) atoms. The molecule has 4 N–H and O–H groups in total. The van der Waals surface area contributed by atoms with Gasteiger partial charge in [0.05, 0.1) is 5.92 Å². The lowest BCUT2D eigenvalue weighted by Crippen LogP contribution is -2.53. The highest BCUT2D eigenvalue weighted by molar-refractivity contribution is 5.88. The van der Waals surface area contributed by atoms with E-state index in [1.165, 1.54) is 0 Å². The third-order valence-corrected chi connectivity index (χ3v) is 6.58. The van der Waals surface area contributed by atoms with Crippen LogP contribution >= 0.6 is 0 Å². The van der Waals surface area contributed by atoms with Crippen molar-refractivity contribution in [3.63, 3.8) is 0 Å². The van der Waals surface area contributed by atoms with E-state index in [1.54, 1.807) is 4.90 Å². The van der Waals surface area contributed by atoms with E-state index in [4.69, 9.17) is 5.73 Å². The Labute approximate surface area is 195 Å². The first-order valence-corrected chi connectivity index (χ1v) is 11.1. The first-order valence-electron chi connectivity index (χ1n) is 11.1. The van der Waals surface area contributed by atoms with E-state index in [0.29, 0.717) is 13.1 Å². The summed E-state index contributed by atoms with van der Waals surface area (Å²) in [5.41, 5.74) is 6.09. The number of alkyl halides is 3. The number of nitrogens with one attached hydrogen (secondary N) is 1. The number of rotatable bonds is 6. The van der Waals surface area contributed by atoms with Crippen molar-refractivity contribution in [3.05, 3.63) is 54.1 Å². The lowest BCUT2D eigenvalue weighted by Gasteiger charge is -2.40. The summed E-state index contributed by atoms with van der Waals surface area (Å²) in [5, 5.41) is 13.1. The number of nitrogens with two attached hydrogens (primary N) is 1. The second kappa shape index (κ2) is 9.17. The number of benzene rings is 2. The Morgan fingerprint density at radius 2 is 1.62 bits per heavy atom. The molecule has 10 heteroatoms. The third kappa shape index (κ3) is 5.11. The molecule has 0 aliphatic carbocycles. The zero-order valence-corrected chi connectivity index (χ0v) is 18.5. The Hall–Kier alpha value is -3.27. The molecule has 2 heterocycles. The predicted molar refractivity (Wildman–Crippen MR) is 121 cm³/mol. The number of nitrogens with zero attached hydrogens (tertiary/aromatic N) is 2. The average Bonchev–Trinajstić information content (AvgIpc) is 3.16. The van der Waals surface area contributed by atoms with E-state index in [1.807, 2.05) is 53.4 Å². The molecule has 2 aromatic rings. The maximum absolute atomic E-state index is 13.0. The number of piperidine rings is 1. The van der Waals surface area contributed by atoms with Gasteiger partial charge in [0.1, 0.15) is 0 Å². The van der Waals surface area contributed by atoms with Gasteiger partial charge in [0.15, 0.2) is 5.60 Å². The van der Waals surface area contributed by atoms with Crippen LogP contribution in [0.25, 0.3) is 0 Å². The van der Waals surface area contributed by atoms with Gasteiger partial charge in [-0.15, -0.1) is 0 Å².